The molecule has 0 radical (unpaired) electrons. The maximum Gasteiger partial charge on any atom is 0.270 e. The van der Waals surface area contributed by atoms with Crippen LogP contribution >= 0.6 is 0 Å². The van der Waals surface area contributed by atoms with Gasteiger partial charge in [0.2, 0.25) is 0 Å². The van der Waals surface area contributed by atoms with E-state index >= 15 is 0 Å². The summed E-state index contributed by atoms with van der Waals surface area (Å²) in [6.45, 7) is 0.339. The quantitative estimate of drug-likeness (QED) is 0.808. The molecule has 5 nitrogen and oxygen atoms in total. The van der Waals surface area contributed by atoms with Crippen LogP contribution < -0.4 is 5.32 Å². The number of amides is 1. The summed E-state index contributed by atoms with van der Waals surface area (Å²) < 4.78 is 4.64. The second kappa shape index (κ2) is 4.36. The van der Waals surface area contributed by atoms with Gasteiger partial charge in [-0.25, -0.2) is 0 Å². The molecule has 1 N–H and O–H groups in total. The Balaban J connectivity index is 1.94. The van der Waals surface area contributed by atoms with Gasteiger partial charge in [-0.1, -0.05) is 11.2 Å². The van der Waals surface area contributed by atoms with E-state index in [-0.39, 0.29) is 5.91 Å². The lowest BCUT2D eigenvalue weighted by atomic mass is 10.3. The van der Waals surface area contributed by atoms with Crippen LogP contribution in [0.25, 0.3) is 0 Å². The molecule has 0 bridgehead atoms. The molecule has 1 amide bonds. The molecular weight excluding hydrogens is 194 g/mol. The zero-order valence-electron chi connectivity index (χ0n) is 7.88. The van der Waals surface area contributed by atoms with E-state index in [1.165, 1.54) is 6.26 Å². The first-order chi connectivity index (χ1) is 7.36. The van der Waals surface area contributed by atoms with Crippen LogP contribution in [0.2, 0.25) is 0 Å². The highest BCUT2D eigenvalue weighted by atomic mass is 16.5. The predicted octanol–water partition coefficient (Wildman–Crippen LogP) is 1.000. The van der Waals surface area contributed by atoms with Gasteiger partial charge in [-0.05, 0) is 12.1 Å². The van der Waals surface area contributed by atoms with Crippen molar-refractivity contribution >= 4 is 5.91 Å². The number of pyridine rings is 1. The maximum absolute atomic E-state index is 11.5. The van der Waals surface area contributed by atoms with Gasteiger partial charge in [0.15, 0.2) is 0 Å². The normalized spacial score (nSPS) is 9.87. The fourth-order valence-electron chi connectivity index (χ4n) is 1.09. The monoisotopic (exact) mass is 203 g/mol. The Kier molecular flexibility index (Phi) is 2.73. The van der Waals surface area contributed by atoms with Crippen molar-refractivity contribution in [3.05, 3.63) is 48.1 Å². The van der Waals surface area contributed by atoms with Gasteiger partial charge in [-0.3, -0.25) is 9.78 Å². The van der Waals surface area contributed by atoms with E-state index in [4.69, 9.17) is 0 Å². The number of hydrogen-bond acceptors (Lipinski definition) is 4. The summed E-state index contributed by atoms with van der Waals surface area (Å²) in [6, 6.07) is 6.86. The molecule has 5 heteroatoms. The molecule has 15 heavy (non-hydrogen) atoms. The summed E-state index contributed by atoms with van der Waals surface area (Å²) in [7, 11) is 0. The van der Waals surface area contributed by atoms with Gasteiger partial charge in [0.05, 0.1) is 6.54 Å². The Morgan fingerprint density at radius 2 is 2.33 bits per heavy atom. The van der Waals surface area contributed by atoms with Crippen molar-refractivity contribution in [1.82, 2.24) is 15.5 Å². The first kappa shape index (κ1) is 9.39. The third kappa shape index (κ3) is 2.40. The Morgan fingerprint density at radius 1 is 1.40 bits per heavy atom. The van der Waals surface area contributed by atoms with Crippen LogP contribution in [0.4, 0.5) is 0 Å². The van der Waals surface area contributed by atoms with Crippen LogP contribution in [0.5, 0.6) is 0 Å². The minimum Gasteiger partial charge on any atom is -0.364 e. The fraction of sp³-hybridized carbons (Fsp3) is 0.100. The summed E-state index contributed by atoms with van der Waals surface area (Å²) in [5.74, 6) is -0.224. The van der Waals surface area contributed by atoms with Crippen molar-refractivity contribution in [3.63, 3.8) is 0 Å². The maximum atomic E-state index is 11.5. The Labute approximate surface area is 86.1 Å². The van der Waals surface area contributed by atoms with Crippen molar-refractivity contribution in [2.75, 3.05) is 0 Å². The number of rotatable bonds is 3. The number of aromatic nitrogens is 2. The molecular formula is C10H9N3O2. The molecule has 2 rings (SSSR count). The lowest BCUT2D eigenvalue weighted by Crippen LogP contribution is -2.23. The van der Waals surface area contributed by atoms with Crippen LogP contribution in [0.1, 0.15) is 16.2 Å². The summed E-state index contributed by atoms with van der Waals surface area (Å²) in [5, 5.41) is 6.35. The first-order valence-corrected chi connectivity index (χ1v) is 4.45. The third-order valence-electron chi connectivity index (χ3n) is 1.82. The molecule has 0 atom stereocenters. The van der Waals surface area contributed by atoms with E-state index in [0.717, 1.165) is 0 Å². The van der Waals surface area contributed by atoms with Crippen LogP contribution in [0, 0.1) is 0 Å². The zero-order chi connectivity index (χ0) is 10.5. The Bertz CT molecular complexity index is 425. The first-order valence-electron chi connectivity index (χ1n) is 4.45. The number of carbonyl (C=O) groups is 1. The molecule has 0 fully saturated rings. The van der Waals surface area contributed by atoms with Crippen LogP contribution in [0.3, 0.4) is 0 Å². The molecule has 0 saturated carbocycles. The Morgan fingerprint density at radius 3 is 3.00 bits per heavy atom. The molecule has 76 valence electrons. The second-order valence-electron chi connectivity index (χ2n) is 2.89. The van der Waals surface area contributed by atoms with E-state index in [9.17, 15) is 4.79 Å². The van der Waals surface area contributed by atoms with Crippen LogP contribution in [0.15, 0.2) is 41.2 Å². The SMILES string of the molecule is O=C(NCc1ccon1)c1ccccn1. The van der Waals surface area contributed by atoms with Crippen molar-refractivity contribution < 1.29 is 9.32 Å². The van der Waals surface area contributed by atoms with Gasteiger partial charge >= 0.3 is 0 Å². The number of nitrogens with one attached hydrogen (secondary N) is 1. The van der Waals surface area contributed by atoms with Gasteiger partial charge in [0.1, 0.15) is 17.7 Å². The summed E-state index contributed by atoms with van der Waals surface area (Å²) >= 11 is 0. The third-order valence-corrected chi connectivity index (χ3v) is 1.82. The standard InChI is InChI=1S/C10H9N3O2/c14-10(9-3-1-2-5-11-9)12-7-8-4-6-15-13-8/h1-6H,7H2,(H,12,14). The lowest BCUT2D eigenvalue weighted by Gasteiger charge is -2.00. The van der Waals surface area contributed by atoms with Gasteiger partial charge < -0.3 is 9.84 Å². The zero-order valence-corrected chi connectivity index (χ0v) is 7.88. The molecule has 0 unspecified atom stereocenters. The molecule has 0 aromatic carbocycles. The van der Waals surface area contributed by atoms with Crippen LogP contribution in [-0.4, -0.2) is 16.0 Å². The van der Waals surface area contributed by atoms with Crippen molar-refractivity contribution in [1.29, 1.82) is 0 Å². The average Bonchev–Trinajstić information content (AvgIpc) is 2.80. The van der Waals surface area contributed by atoms with E-state index in [1.54, 1.807) is 30.5 Å². The van der Waals surface area contributed by atoms with Gasteiger partial charge in [0.25, 0.3) is 5.91 Å². The highest BCUT2D eigenvalue weighted by Gasteiger charge is 2.05. The summed E-state index contributed by atoms with van der Waals surface area (Å²) in [6.07, 6.45) is 3.03. The Hall–Kier alpha value is -2.17. The second-order valence-corrected chi connectivity index (χ2v) is 2.89. The summed E-state index contributed by atoms with van der Waals surface area (Å²) in [5.41, 5.74) is 1.07. The molecule has 0 aliphatic rings. The van der Waals surface area contributed by atoms with E-state index in [0.29, 0.717) is 17.9 Å². The number of hydrogen-bond donors (Lipinski definition) is 1. The predicted molar refractivity (Wildman–Crippen MR) is 51.9 cm³/mol. The topological polar surface area (TPSA) is 68.0 Å². The molecule has 2 heterocycles. The molecule has 2 aromatic rings. The van der Waals surface area contributed by atoms with E-state index in [2.05, 4.69) is 20.0 Å². The lowest BCUT2D eigenvalue weighted by molar-refractivity contribution is 0.0945. The molecule has 2 aromatic heterocycles. The fourth-order valence-corrected chi connectivity index (χ4v) is 1.09. The van der Waals surface area contributed by atoms with Crippen molar-refractivity contribution in [3.8, 4) is 0 Å². The molecule has 0 aliphatic heterocycles. The summed E-state index contributed by atoms with van der Waals surface area (Å²) in [4.78, 5) is 15.4. The highest BCUT2D eigenvalue weighted by molar-refractivity contribution is 5.92. The van der Waals surface area contributed by atoms with Gasteiger partial charge in [-0.15, -0.1) is 0 Å². The van der Waals surface area contributed by atoms with E-state index in [1.807, 2.05) is 0 Å². The smallest absolute Gasteiger partial charge is 0.270 e. The van der Waals surface area contributed by atoms with Crippen LogP contribution in [-0.2, 0) is 6.54 Å². The average molecular weight is 203 g/mol. The molecule has 0 saturated heterocycles. The number of carbonyl (C=O) groups excluding carboxylic acids is 1. The van der Waals surface area contributed by atoms with Crippen molar-refractivity contribution in [2.45, 2.75) is 6.54 Å². The van der Waals surface area contributed by atoms with Crippen molar-refractivity contribution in [2.24, 2.45) is 0 Å². The molecule has 0 aliphatic carbocycles. The van der Waals surface area contributed by atoms with Gasteiger partial charge in [0, 0.05) is 12.3 Å². The van der Waals surface area contributed by atoms with E-state index < -0.39 is 0 Å². The minimum absolute atomic E-state index is 0.224. The minimum atomic E-state index is -0.224. The largest absolute Gasteiger partial charge is 0.364 e. The highest BCUT2D eigenvalue weighted by Crippen LogP contribution is 1.96. The number of nitrogens with zero attached hydrogens (tertiary/aromatic N) is 2. The molecule has 0 spiro atoms. The van der Waals surface area contributed by atoms with Gasteiger partial charge in [-0.2, -0.15) is 0 Å².